The Labute approximate surface area is 197 Å². The summed E-state index contributed by atoms with van der Waals surface area (Å²) in [7, 11) is 2.42. The maximum Gasteiger partial charge on any atom is 0.216 e. The summed E-state index contributed by atoms with van der Waals surface area (Å²) in [5.41, 5.74) is 3.77. The van der Waals surface area contributed by atoms with Gasteiger partial charge in [-0.2, -0.15) is 9.34 Å². The first-order chi connectivity index (χ1) is 14.7. The van der Waals surface area contributed by atoms with Crippen LogP contribution in [0.3, 0.4) is 0 Å². The summed E-state index contributed by atoms with van der Waals surface area (Å²) in [6.07, 6.45) is 0.953. The van der Waals surface area contributed by atoms with Crippen LogP contribution in [0.2, 0.25) is 0 Å². The zero-order valence-electron chi connectivity index (χ0n) is 18.0. The number of hydrogen-bond acceptors (Lipinski definition) is 2. The number of rotatable bonds is 7. The first kappa shape index (κ1) is 23.2. The third kappa shape index (κ3) is 4.91. The van der Waals surface area contributed by atoms with Gasteiger partial charge < -0.3 is 17.0 Å². The molecule has 1 atom stereocenters. The van der Waals surface area contributed by atoms with Gasteiger partial charge in [0.15, 0.2) is 0 Å². The van der Waals surface area contributed by atoms with E-state index in [-0.39, 0.29) is 17.0 Å². The third-order valence-electron chi connectivity index (χ3n) is 5.41. The lowest BCUT2D eigenvalue weighted by atomic mass is 10.2. The SMILES string of the molecule is CN(C)[P+](Cc1ccccc1)(c1ccccc1)N(c1ccccc1)c1ccccc1.[Br-]. The van der Waals surface area contributed by atoms with Crippen LogP contribution in [0.15, 0.2) is 121 Å². The molecule has 0 bridgehead atoms. The minimum Gasteiger partial charge on any atom is -1.00 e. The molecule has 0 fully saturated rings. The number of halogens is 1. The molecule has 0 heterocycles. The van der Waals surface area contributed by atoms with E-state index in [9.17, 15) is 0 Å². The van der Waals surface area contributed by atoms with Crippen molar-refractivity contribution >= 4 is 24.2 Å². The van der Waals surface area contributed by atoms with Crippen molar-refractivity contribution < 1.29 is 17.0 Å². The molecule has 0 aromatic heterocycles. The Balaban J connectivity index is 0.00000272. The van der Waals surface area contributed by atoms with Gasteiger partial charge in [-0.3, -0.25) is 0 Å². The Kier molecular flexibility index (Phi) is 8.03. The molecule has 1 unspecified atom stereocenters. The molecule has 0 aliphatic carbocycles. The van der Waals surface area contributed by atoms with Crippen molar-refractivity contribution in [3.05, 3.63) is 127 Å². The second-order valence-electron chi connectivity index (χ2n) is 7.54. The van der Waals surface area contributed by atoms with Crippen LogP contribution < -0.4 is 27.0 Å². The lowest BCUT2D eigenvalue weighted by Gasteiger charge is -2.41. The van der Waals surface area contributed by atoms with Crippen LogP contribution in [0.1, 0.15) is 5.56 Å². The third-order valence-corrected chi connectivity index (χ3v) is 9.79. The molecular weight excluding hydrogens is 463 g/mol. The van der Waals surface area contributed by atoms with Crippen molar-refractivity contribution in [3.63, 3.8) is 0 Å². The minimum absolute atomic E-state index is 0. The molecule has 0 aliphatic rings. The highest BCUT2D eigenvalue weighted by molar-refractivity contribution is 7.81. The smallest absolute Gasteiger partial charge is 0.216 e. The van der Waals surface area contributed by atoms with Crippen molar-refractivity contribution in [3.8, 4) is 0 Å². The summed E-state index contributed by atoms with van der Waals surface area (Å²) >= 11 is 0. The monoisotopic (exact) mass is 490 g/mol. The molecule has 0 saturated heterocycles. The van der Waals surface area contributed by atoms with Crippen LogP contribution in [0.25, 0.3) is 0 Å². The molecule has 0 spiro atoms. The average Bonchev–Trinajstić information content (AvgIpc) is 2.81. The summed E-state index contributed by atoms with van der Waals surface area (Å²) in [6, 6.07) is 43.4. The largest absolute Gasteiger partial charge is 1.00 e. The lowest BCUT2D eigenvalue weighted by Crippen LogP contribution is -3.00. The zero-order chi connectivity index (χ0) is 20.8. The number of para-hydroxylation sites is 2. The van der Waals surface area contributed by atoms with Crippen molar-refractivity contribution in [1.29, 1.82) is 0 Å². The Bertz CT molecular complexity index is 1000. The maximum atomic E-state index is 2.58. The van der Waals surface area contributed by atoms with E-state index in [1.54, 1.807) is 0 Å². The fourth-order valence-electron chi connectivity index (χ4n) is 4.00. The van der Waals surface area contributed by atoms with Gasteiger partial charge in [-0.1, -0.05) is 84.9 Å². The number of hydrogen-bond donors (Lipinski definition) is 0. The van der Waals surface area contributed by atoms with E-state index in [4.69, 9.17) is 0 Å². The van der Waals surface area contributed by atoms with Gasteiger partial charge >= 0.3 is 0 Å². The maximum absolute atomic E-state index is 2.58. The molecule has 0 radical (unpaired) electrons. The topological polar surface area (TPSA) is 6.48 Å². The van der Waals surface area contributed by atoms with E-state index in [1.807, 2.05) is 0 Å². The molecule has 158 valence electrons. The summed E-state index contributed by atoms with van der Waals surface area (Å²) in [5, 5.41) is 1.37. The Morgan fingerprint density at radius 2 is 0.935 bits per heavy atom. The van der Waals surface area contributed by atoms with Gasteiger partial charge in [-0.15, -0.1) is 0 Å². The average molecular weight is 491 g/mol. The first-order valence-electron chi connectivity index (χ1n) is 10.3. The molecule has 0 saturated carbocycles. The molecule has 2 nitrogen and oxygen atoms in total. The summed E-state index contributed by atoms with van der Waals surface area (Å²) in [5.74, 6) is 0. The Morgan fingerprint density at radius 3 is 1.35 bits per heavy atom. The number of anilines is 2. The minimum atomic E-state index is -2.03. The van der Waals surface area contributed by atoms with Crippen LogP contribution in [0, 0.1) is 0 Å². The van der Waals surface area contributed by atoms with Crippen LogP contribution in [-0.2, 0) is 6.16 Å². The van der Waals surface area contributed by atoms with Crippen molar-refractivity contribution in [2.75, 3.05) is 18.8 Å². The molecule has 4 heteroatoms. The molecule has 31 heavy (non-hydrogen) atoms. The Morgan fingerprint density at radius 1 is 0.548 bits per heavy atom. The van der Waals surface area contributed by atoms with Gasteiger partial charge in [-0.05, 0) is 42.0 Å². The number of nitrogens with zero attached hydrogens (tertiary/aromatic N) is 2. The van der Waals surface area contributed by atoms with E-state index in [0.29, 0.717) is 0 Å². The van der Waals surface area contributed by atoms with E-state index >= 15 is 0 Å². The molecule has 4 aromatic carbocycles. The second-order valence-corrected chi connectivity index (χ2v) is 11.0. The van der Waals surface area contributed by atoms with E-state index < -0.39 is 7.56 Å². The predicted molar refractivity (Wildman–Crippen MR) is 132 cm³/mol. The van der Waals surface area contributed by atoms with Gasteiger partial charge in [0.05, 0.1) is 11.4 Å². The van der Waals surface area contributed by atoms with E-state index in [0.717, 1.165) is 6.16 Å². The zero-order valence-corrected chi connectivity index (χ0v) is 20.5. The van der Waals surface area contributed by atoms with Crippen LogP contribution in [-0.4, -0.2) is 18.8 Å². The highest BCUT2D eigenvalue weighted by Gasteiger charge is 2.51. The normalized spacial score (nSPS) is 12.6. The molecule has 4 aromatic rings. The van der Waals surface area contributed by atoms with Gasteiger partial charge in [0.1, 0.15) is 11.5 Å². The van der Waals surface area contributed by atoms with Gasteiger partial charge in [-0.25, -0.2) is 0 Å². The molecular formula is C27H28BrN2P. The second kappa shape index (κ2) is 10.7. The van der Waals surface area contributed by atoms with E-state index in [1.165, 1.54) is 22.2 Å². The molecule has 0 aliphatic heterocycles. The van der Waals surface area contributed by atoms with Crippen LogP contribution >= 0.6 is 7.56 Å². The lowest BCUT2D eigenvalue weighted by molar-refractivity contribution is -0.00000601. The summed E-state index contributed by atoms with van der Waals surface area (Å²) in [4.78, 5) is 0. The van der Waals surface area contributed by atoms with Crippen molar-refractivity contribution in [1.82, 2.24) is 4.67 Å². The quantitative estimate of drug-likeness (QED) is 0.364. The van der Waals surface area contributed by atoms with E-state index in [2.05, 4.69) is 145 Å². The molecule has 4 rings (SSSR count). The number of benzene rings is 4. The summed E-state index contributed by atoms with van der Waals surface area (Å²) in [6.45, 7) is 0. The van der Waals surface area contributed by atoms with Crippen molar-refractivity contribution in [2.24, 2.45) is 0 Å². The van der Waals surface area contributed by atoms with Gasteiger partial charge in [0, 0.05) is 14.1 Å². The molecule has 0 N–H and O–H groups in total. The van der Waals surface area contributed by atoms with Crippen LogP contribution in [0.5, 0.6) is 0 Å². The highest BCUT2D eigenvalue weighted by atomic mass is 79.9. The fraction of sp³-hybridized carbons (Fsp3) is 0.111. The summed E-state index contributed by atoms with van der Waals surface area (Å²) < 4.78 is 5.03. The highest BCUT2D eigenvalue weighted by Crippen LogP contribution is 2.68. The Hall–Kier alpha value is -2.45. The standard InChI is InChI=1S/C27H28N2P.BrH/c1-28(2)30(27-21-13-6-14-22-27,23-24-15-7-3-8-16-24)29(25-17-9-4-10-18-25)26-19-11-5-12-20-26;/h3-22H,23H2,1-2H3;1H/q+1;/p-1. The first-order valence-corrected chi connectivity index (χ1v) is 12.2. The van der Waals surface area contributed by atoms with Gasteiger partial charge in [0.2, 0.25) is 7.56 Å². The fourth-order valence-corrected chi connectivity index (χ4v) is 8.06. The predicted octanol–water partition coefficient (Wildman–Crippen LogP) is 3.76. The van der Waals surface area contributed by atoms with Crippen LogP contribution in [0.4, 0.5) is 11.4 Å². The molecule has 0 amide bonds. The van der Waals surface area contributed by atoms with Gasteiger partial charge in [0.25, 0.3) is 0 Å². The van der Waals surface area contributed by atoms with Crippen molar-refractivity contribution in [2.45, 2.75) is 6.16 Å².